The molecule has 0 aliphatic rings. The molecule has 0 fully saturated rings. The number of aromatic nitrogens is 1. The molecule has 0 spiro atoms. The number of rotatable bonds is 3. The molecule has 0 unspecified atom stereocenters. The average molecular weight is 181 g/mol. The van der Waals surface area contributed by atoms with Crippen molar-refractivity contribution >= 4 is 12.1 Å². The van der Waals surface area contributed by atoms with Crippen LogP contribution in [-0.4, -0.2) is 17.1 Å². The molecule has 0 saturated heterocycles. The second-order valence-corrected chi connectivity index (χ2v) is 2.59. The first-order valence-corrected chi connectivity index (χ1v) is 3.74. The van der Waals surface area contributed by atoms with E-state index in [1.807, 2.05) is 0 Å². The van der Waals surface area contributed by atoms with Crippen LogP contribution >= 0.6 is 0 Å². The van der Waals surface area contributed by atoms with Gasteiger partial charge in [0, 0.05) is 6.20 Å². The van der Waals surface area contributed by atoms with Gasteiger partial charge in [-0.3, -0.25) is 4.79 Å². The summed E-state index contributed by atoms with van der Waals surface area (Å²) < 4.78 is 13.0. The third-order valence-corrected chi connectivity index (χ3v) is 1.66. The van der Waals surface area contributed by atoms with Crippen molar-refractivity contribution in [3.63, 3.8) is 0 Å². The predicted octanol–water partition coefficient (Wildman–Crippen LogP) is 1.30. The Hall–Kier alpha value is -1.58. The number of pyridine rings is 1. The SMILES string of the molecule is Cc1ccnc(F)c1C(=O)CC=O. The number of Topliss-reactive ketones (excluding diaryl/α,β-unsaturated/α-hetero) is 1. The monoisotopic (exact) mass is 181 g/mol. The van der Waals surface area contributed by atoms with Crippen molar-refractivity contribution in [2.45, 2.75) is 13.3 Å². The number of carbonyl (C=O) groups excluding carboxylic acids is 2. The number of hydrogen-bond acceptors (Lipinski definition) is 3. The van der Waals surface area contributed by atoms with Crippen LogP contribution in [0.4, 0.5) is 4.39 Å². The van der Waals surface area contributed by atoms with Gasteiger partial charge in [-0.1, -0.05) is 0 Å². The molecule has 0 N–H and O–H groups in total. The maximum Gasteiger partial charge on any atom is 0.223 e. The second-order valence-electron chi connectivity index (χ2n) is 2.59. The van der Waals surface area contributed by atoms with E-state index in [2.05, 4.69) is 4.98 Å². The number of carbonyl (C=O) groups is 2. The van der Waals surface area contributed by atoms with Gasteiger partial charge in [0.1, 0.15) is 6.29 Å². The molecule has 1 heterocycles. The fourth-order valence-corrected chi connectivity index (χ4v) is 1.04. The third kappa shape index (κ3) is 1.96. The van der Waals surface area contributed by atoms with Crippen LogP contribution in [0, 0.1) is 12.9 Å². The molecule has 0 bridgehead atoms. The van der Waals surface area contributed by atoms with Gasteiger partial charge in [0.05, 0.1) is 12.0 Å². The molecule has 0 amide bonds. The van der Waals surface area contributed by atoms with Gasteiger partial charge in [0.25, 0.3) is 0 Å². The lowest BCUT2D eigenvalue weighted by Crippen LogP contribution is -2.06. The smallest absolute Gasteiger partial charge is 0.223 e. The number of aldehydes is 1. The van der Waals surface area contributed by atoms with Crippen molar-refractivity contribution in [1.82, 2.24) is 4.98 Å². The third-order valence-electron chi connectivity index (χ3n) is 1.66. The normalized spacial score (nSPS) is 9.69. The average Bonchev–Trinajstić information content (AvgIpc) is 2.04. The molecule has 1 rings (SSSR count). The molecule has 4 heteroatoms. The highest BCUT2D eigenvalue weighted by Gasteiger charge is 2.14. The van der Waals surface area contributed by atoms with Crippen LogP contribution in [0.15, 0.2) is 12.3 Å². The summed E-state index contributed by atoms with van der Waals surface area (Å²) in [7, 11) is 0. The summed E-state index contributed by atoms with van der Waals surface area (Å²) in [6.45, 7) is 1.60. The van der Waals surface area contributed by atoms with Gasteiger partial charge in [-0.15, -0.1) is 0 Å². The first kappa shape index (κ1) is 9.51. The highest BCUT2D eigenvalue weighted by Crippen LogP contribution is 2.11. The van der Waals surface area contributed by atoms with Gasteiger partial charge in [0.15, 0.2) is 5.78 Å². The van der Waals surface area contributed by atoms with Crippen molar-refractivity contribution in [3.05, 3.63) is 29.3 Å². The van der Waals surface area contributed by atoms with Crippen LogP contribution in [0.1, 0.15) is 22.3 Å². The lowest BCUT2D eigenvalue weighted by molar-refractivity contribution is -0.107. The van der Waals surface area contributed by atoms with Crippen LogP contribution in [0.2, 0.25) is 0 Å². The number of aryl methyl sites for hydroxylation is 1. The zero-order valence-electron chi connectivity index (χ0n) is 7.08. The van der Waals surface area contributed by atoms with Crippen LogP contribution in [-0.2, 0) is 4.79 Å². The number of nitrogens with zero attached hydrogens (tertiary/aromatic N) is 1. The molecule has 0 radical (unpaired) electrons. The van der Waals surface area contributed by atoms with Gasteiger partial charge in [-0.05, 0) is 18.6 Å². The van der Waals surface area contributed by atoms with Gasteiger partial charge in [-0.25, -0.2) is 4.98 Å². The van der Waals surface area contributed by atoms with E-state index < -0.39 is 11.7 Å². The molecule has 0 aliphatic heterocycles. The number of ketones is 1. The highest BCUT2D eigenvalue weighted by atomic mass is 19.1. The Morgan fingerprint density at radius 2 is 2.38 bits per heavy atom. The maximum absolute atomic E-state index is 13.0. The molecule has 0 saturated carbocycles. The zero-order chi connectivity index (χ0) is 9.84. The highest BCUT2D eigenvalue weighted by molar-refractivity contribution is 6.03. The maximum atomic E-state index is 13.0. The Morgan fingerprint density at radius 3 is 2.92 bits per heavy atom. The Morgan fingerprint density at radius 1 is 1.69 bits per heavy atom. The van der Waals surface area contributed by atoms with Gasteiger partial charge < -0.3 is 4.79 Å². The fourth-order valence-electron chi connectivity index (χ4n) is 1.04. The Labute approximate surface area is 74.6 Å². The Kier molecular flexibility index (Phi) is 2.84. The van der Waals surface area contributed by atoms with Crippen LogP contribution in [0.3, 0.4) is 0 Å². The molecule has 1 aromatic heterocycles. The van der Waals surface area contributed by atoms with Crippen molar-refractivity contribution < 1.29 is 14.0 Å². The first-order valence-electron chi connectivity index (χ1n) is 3.74. The van der Waals surface area contributed by atoms with E-state index in [4.69, 9.17) is 0 Å². The van der Waals surface area contributed by atoms with Crippen molar-refractivity contribution in [2.24, 2.45) is 0 Å². The summed E-state index contributed by atoms with van der Waals surface area (Å²) >= 11 is 0. The quantitative estimate of drug-likeness (QED) is 0.305. The van der Waals surface area contributed by atoms with Crippen LogP contribution in [0.5, 0.6) is 0 Å². The van der Waals surface area contributed by atoms with Crippen molar-refractivity contribution in [1.29, 1.82) is 0 Å². The lowest BCUT2D eigenvalue weighted by atomic mass is 10.1. The standard InChI is InChI=1S/C9H8FNO2/c1-6-2-4-11-9(10)8(6)7(13)3-5-12/h2,4-5H,3H2,1H3. The molecule has 68 valence electrons. The molecular formula is C9H8FNO2. The van der Waals surface area contributed by atoms with E-state index in [1.54, 1.807) is 6.92 Å². The molecule has 1 aromatic rings. The van der Waals surface area contributed by atoms with Crippen molar-refractivity contribution in [2.75, 3.05) is 0 Å². The summed E-state index contributed by atoms with van der Waals surface area (Å²) in [5, 5.41) is 0. The van der Waals surface area contributed by atoms with E-state index in [0.29, 0.717) is 11.8 Å². The minimum atomic E-state index is -0.813. The second kappa shape index (κ2) is 3.89. The first-order chi connectivity index (χ1) is 6.16. The van der Waals surface area contributed by atoms with E-state index >= 15 is 0 Å². The van der Waals surface area contributed by atoms with Gasteiger partial charge >= 0.3 is 0 Å². The minimum Gasteiger partial charge on any atom is -0.303 e. The molecule has 13 heavy (non-hydrogen) atoms. The Balaban J connectivity index is 3.12. The van der Waals surface area contributed by atoms with Gasteiger partial charge in [-0.2, -0.15) is 4.39 Å². The molecule has 3 nitrogen and oxygen atoms in total. The minimum absolute atomic E-state index is 0.0883. The number of halogens is 1. The lowest BCUT2D eigenvalue weighted by Gasteiger charge is -2.01. The van der Waals surface area contributed by atoms with Crippen LogP contribution < -0.4 is 0 Å². The molecular weight excluding hydrogens is 173 g/mol. The summed E-state index contributed by atoms with van der Waals surface area (Å²) in [4.78, 5) is 24.6. The largest absolute Gasteiger partial charge is 0.303 e. The number of hydrogen-bond donors (Lipinski definition) is 0. The summed E-state index contributed by atoms with van der Waals surface area (Å²) in [5.41, 5.74) is 0.411. The summed E-state index contributed by atoms with van der Waals surface area (Å²) in [6.07, 6.45) is 1.43. The predicted molar refractivity (Wildman–Crippen MR) is 43.9 cm³/mol. The Bertz CT molecular complexity index is 329. The summed E-state index contributed by atoms with van der Waals surface area (Å²) in [5.74, 6) is -1.34. The summed E-state index contributed by atoms with van der Waals surface area (Å²) in [6, 6.07) is 1.53. The van der Waals surface area contributed by atoms with E-state index in [-0.39, 0.29) is 12.0 Å². The topological polar surface area (TPSA) is 47.0 Å². The molecule has 0 aromatic carbocycles. The fraction of sp³-hybridized carbons (Fsp3) is 0.222. The molecule has 0 aliphatic carbocycles. The van der Waals surface area contributed by atoms with Gasteiger partial charge in [0.2, 0.25) is 5.95 Å². The van der Waals surface area contributed by atoms with Crippen molar-refractivity contribution in [3.8, 4) is 0 Å². The zero-order valence-corrected chi connectivity index (χ0v) is 7.08. The van der Waals surface area contributed by atoms with E-state index in [1.165, 1.54) is 12.3 Å². The van der Waals surface area contributed by atoms with E-state index in [9.17, 15) is 14.0 Å². The van der Waals surface area contributed by atoms with Crippen LogP contribution in [0.25, 0.3) is 0 Å². The molecule has 0 atom stereocenters. The van der Waals surface area contributed by atoms with E-state index in [0.717, 1.165) is 0 Å².